The van der Waals surface area contributed by atoms with Gasteiger partial charge in [-0.25, -0.2) is 0 Å². The van der Waals surface area contributed by atoms with E-state index in [0.29, 0.717) is 33.3 Å². The fraction of sp³-hybridized carbons (Fsp3) is 0.250. The Hall–Kier alpha value is -2.22. The predicted octanol–water partition coefficient (Wildman–Crippen LogP) is 5.05. The number of carbonyl (C=O) groups is 1. The van der Waals surface area contributed by atoms with Crippen LogP contribution in [0.2, 0.25) is 10.0 Å². The van der Waals surface area contributed by atoms with E-state index < -0.39 is 0 Å². The Morgan fingerprint density at radius 1 is 1.21 bits per heavy atom. The highest BCUT2D eigenvalue weighted by atomic mass is 35.5. The summed E-state index contributed by atoms with van der Waals surface area (Å²) in [4.78, 5) is 12.2. The number of nitrogens with one attached hydrogen (secondary N) is 1. The molecule has 6 nitrogen and oxygen atoms in total. The molecule has 0 fully saturated rings. The van der Waals surface area contributed by atoms with E-state index in [-0.39, 0.29) is 11.7 Å². The highest BCUT2D eigenvalue weighted by Gasteiger charge is 2.13. The topological polar surface area (TPSA) is 69.0 Å². The Balaban J connectivity index is 1.57. The van der Waals surface area contributed by atoms with Crippen LogP contribution in [0.4, 0.5) is 5.69 Å². The first-order valence-electron chi connectivity index (χ1n) is 8.80. The summed E-state index contributed by atoms with van der Waals surface area (Å²) >= 11 is 13.3. The molecule has 152 valence electrons. The van der Waals surface area contributed by atoms with Crippen LogP contribution >= 0.6 is 35.0 Å². The summed E-state index contributed by atoms with van der Waals surface area (Å²) < 4.78 is 7.70. The zero-order valence-corrected chi connectivity index (χ0v) is 18.5. The van der Waals surface area contributed by atoms with Crippen LogP contribution in [-0.2, 0) is 18.4 Å². The average molecular weight is 451 g/mol. The first kappa shape index (κ1) is 21.5. The molecule has 3 rings (SSSR count). The van der Waals surface area contributed by atoms with Crippen LogP contribution in [0.25, 0.3) is 0 Å². The van der Waals surface area contributed by atoms with E-state index in [4.69, 9.17) is 27.9 Å². The van der Waals surface area contributed by atoms with Crippen LogP contribution in [0.1, 0.15) is 17.0 Å². The maximum absolute atomic E-state index is 12.2. The zero-order chi connectivity index (χ0) is 21.0. The molecule has 0 unspecified atom stereocenters. The Bertz CT molecular complexity index is 1040. The van der Waals surface area contributed by atoms with Gasteiger partial charge in [-0.3, -0.25) is 4.79 Å². The summed E-state index contributed by atoms with van der Waals surface area (Å²) in [5.74, 6) is 1.44. The van der Waals surface area contributed by atoms with Crippen molar-refractivity contribution in [2.75, 3.05) is 11.1 Å². The number of anilines is 1. The fourth-order valence-corrected chi connectivity index (χ4v) is 3.60. The molecule has 1 heterocycles. The van der Waals surface area contributed by atoms with E-state index in [1.165, 1.54) is 17.3 Å². The molecule has 0 aliphatic carbocycles. The van der Waals surface area contributed by atoms with Gasteiger partial charge in [0.2, 0.25) is 5.91 Å². The maximum atomic E-state index is 12.2. The van der Waals surface area contributed by atoms with Crippen molar-refractivity contribution in [1.29, 1.82) is 0 Å². The summed E-state index contributed by atoms with van der Waals surface area (Å²) in [5.41, 5.74) is 2.74. The molecule has 3 aromatic rings. The van der Waals surface area contributed by atoms with Gasteiger partial charge in [0.05, 0.1) is 16.5 Å². The third-order valence-electron chi connectivity index (χ3n) is 4.37. The first-order valence-corrected chi connectivity index (χ1v) is 10.5. The molecule has 0 aliphatic heterocycles. The number of benzene rings is 2. The lowest BCUT2D eigenvalue weighted by Crippen LogP contribution is -2.15. The molecular weight excluding hydrogens is 431 g/mol. The van der Waals surface area contributed by atoms with Crippen molar-refractivity contribution in [2.24, 2.45) is 7.05 Å². The highest BCUT2D eigenvalue weighted by Crippen LogP contribution is 2.26. The van der Waals surface area contributed by atoms with Crippen molar-refractivity contribution in [3.63, 3.8) is 0 Å². The van der Waals surface area contributed by atoms with E-state index in [1.54, 1.807) is 18.2 Å². The average Bonchev–Trinajstić information content (AvgIpc) is 3.04. The molecule has 0 saturated heterocycles. The number of aromatic nitrogens is 3. The largest absolute Gasteiger partial charge is 0.485 e. The summed E-state index contributed by atoms with van der Waals surface area (Å²) in [6.07, 6.45) is 0. The van der Waals surface area contributed by atoms with E-state index >= 15 is 0 Å². The molecule has 0 spiro atoms. The number of amides is 1. The second kappa shape index (κ2) is 9.52. The molecule has 29 heavy (non-hydrogen) atoms. The monoisotopic (exact) mass is 450 g/mol. The van der Waals surface area contributed by atoms with Crippen molar-refractivity contribution in [3.05, 3.63) is 63.4 Å². The molecular formula is C20H20Cl2N4O2S. The van der Waals surface area contributed by atoms with Gasteiger partial charge in [-0.15, -0.1) is 10.2 Å². The van der Waals surface area contributed by atoms with Crippen molar-refractivity contribution >= 4 is 46.6 Å². The van der Waals surface area contributed by atoms with Crippen LogP contribution in [0.15, 0.2) is 41.6 Å². The molecule has 2 aromatic carbocycles. The molecule has 0 atom stereocenters. The highest BCUT2D eigenvalue weighted by molar-refractivity contribution is 7.99. The number of hydrogen-bond acceptors (Lipinski definition) is 5. The number of carbonyl (C=O) groups excluding carboxylic acids is 1. The van der Waals surface area contributed by atoms with Crippen LogP contribution in [-0.4, -0.2) is 26.4 Å². The van der Waals surface area contributed by atoms with E-state index in [1.807, 2.05) is 43.7 Å². The summed E-state index contributed by atoms with van der Waals surface area (Å²) in [6, 6.07) is 10.8. The smallest absolute Gasteiger partial charge is 0.234 e. The van der Waals surface area contributed by atoms with Crippen LogP contribution in [0.5, 0.6) is 5.75 Å². The normalized spacial score (nSPS) is 10.8. The molecule has 1 amide bonds. The van der Waals surface area contributed by atoms with Gasteiger partial charge in [0.25, 0.3) is 0 Å². The number of nitrogens with zero attached hydrogens (tertiary/aromatic N) is 3. The molecule has 0 aliphatic rings. The van der Waals surface area contributed by atoms with E-state index in [2.05, 4.69) is 15.5 Å². The lowest BCUT2D eigenvalue weighted by Gasteiger charge is -2.10. The van der Waals surface area contributed by atoms with Crippen molar-refractivity contribution < 1.29 is 9.53 Å². The SMILES string of the molecule is Cc1cccc(OCc2nnc(SCC(=O)Nc3cc(Cl)ccc3Cl)n2C)c1C. The van der Waals surface area contributed by atoms with Crippen LogP contribution < -0.4 is 10.1 Å². The van der Waals surface area contributed by atoms with Gasteiger partial charge >= 0.3 is 0 Å². The Morgan fingerprint density at radius 2 is 2.00 bits per heavy atom. The lowest BCUT2D eigenvalue weighted by molar-refractivity contribution is -0.113. The van der Waals surface area contributed by atoms with Crippen LogP contribution in [0, 0.1) is 13.8 Å². The van der Waals surface area contributed by atoms with E-state index in [9.17, 15) is 4.79 Å². The minimum Gasteiger partial charge on any atom is -0.485 e. The van der Waals surface area contributed by atoms with Gasteiger partial charge in [0.1, 0.15) is 12.4 Å². The predicted molar refractivity (Wildman–Crippen MR) is 117 cm³/mol. The Labute approximate surface area is 183 Å². The summed E-state index contributed by atoms with van der Waals surface area (Å²) in [7, 11) is 1.84. The zero-order valence-electron chi connectivity index (χ0n) is 16.2. The van der Waals surface area contributed by atoms with Gasteiger partial charge in [-0.1, -0.05) is 47.1 Å². The number of aryl methyl sites for hydroxylation is 1. The van der Waals surface area contributed by atoms with Gasteiger partial charge in [0.15, 0.2) is 11.0 Å². The Kier molecular flexibility index (Phi) is 7.05. The van der Waals surface area contributed by atoms with Crippen LogP contribution in [0.3, 0.4) is 0 Å². The fourth-order valence-electron chi connectivity index (χ4n) is 2.53. The number of hydrogen-bond donors (Lipinski definition) is 1. The Morgan fingerprint density at radius 3 is 2.79 bits per heavy atom. The van der Waals surface area contributed by atoms with Crippen molar-refractivity contribution in [1.82, 2.24) is 14.8 Å². The standard InChI is InChI=1S/C20H20Cl2N4O2S/c1-12-5-4-6-17(13(12)2)28-10-18-24-25-20(26(18)3)29-11-19(27)23-16-9-14(21)7-8-15(16)22/h4-9H,10-11H2,1-3H3,(H,23,27). The van der Waals surface area contributed by atoms with E-state index in [0.717, 1.165) is 11.3 Å². The quantitative estimate of drug-likeness (QED) is 0.510. The second-order valence-corrected chi connectivity index (χ2v) is 8.19. The van der Waals surface area contributed by atoms with Gasteiger partial charge in [-0.2, -0.15) is 0 Å². The minimum atomic E-state index is -0.213. The number of rotatable bonds is 7. The van der Waals surface area contributed by atoms with Gasteiger partial charge in [-0.05, 0) is 49.2 Å². The number of ether oxygens (including phenoxy) is 1. The maximum Gasteiger partial charge on any atom is 0.234 e. The lowest BCUT2D eigenvalue weighted by atomic mass is 10.1. The van der Waals surface area contributed by atoms with Gasteiger partial charge in [0, 0.05) is 12.1 Å². The third kappa shape index (κ3) is 5.44. The molecule has 0 saturated carbocycles. The first-order chi connectivity index (χ1) is 13.8. The number of thioether (sulfide) groups is 1. The third-order valence-corrected chi connectivity index (χ3v) is 5.96. The second-order valence-electron chi connectivity index (χ2n) is 6.41. The van der Waals surface area contributed by atoms with Crippen molar-refractivity contribution in [2.45, 2.75) is 25.6 Å². The number of halogens is 2. The molecule has 0 bridgehead atoms. The summed E-state index contributed by atoms with van der Waals surface area (Å²) in [6.45, 7) is 4.35. The summed E-state index contributed by atoms with van der Waals surface area (Å²) in [5, 5.41) is 12.6. The molecule has 9 heteroatoms. The van der Waals surface area contributed by atoms with Gasteiger partial charge < -0.3 is 14.6 Å². The molecule has 1 N–H and O–H groups in total. The minimum absolute atomic E-state index is 0.159. The molecule has 0 radical (unpaired) electrons. The van der Waals surface area contributed by atoms with Crippen molar-refractivity contribution in [3.8, 4) is 5.75 Å². The molecule has 1 aromatic heterocycles.